The quantitative estimate of drug-likeness (QED) is 0.403. The molecule has 0 aromatic carbocycles. The molecular formula is C24H36O4Si. The highest BCUT2D eigenvalue weighted by Crippen LogP contribution is 2.61. The fourth-order valence-electron chi connectivity index (χ4n) is 5.42. The van der Waals surface area contributed by atoms with Crippen molar-refractivity contribution in [2.24, 2.45) is 17.3 Å². The van der Waals surface area contributed by atoms with Gasteiger partial charge in [-0.05, 0) is 60.9 Å². The van der Waals surface area contributed by atoms with Crippen LogP contribution in [0.1, 0.15) is 77.9 Å². The smallest absolute Gasteiger partial charge is 0.313 e. The fourth-order valence-corrected chi connectivity index (χ4v) is 6.56. The maximum atomic E-state index is 13.4. The molecule has 1 aromatic rings. The molecule has 5 heteroatoms. The van der Waals surface area contributed by atoms with Gasteiger partial charge in [-0.3, -0.25) is 4.79 Å². The number of esters is 1. The van der Waals surface area contributed by atoms with Crippen LogP contribution in [-0.2, 0) is 14.0 Å². The van der Waals surface area contributed by atoms with Crippen LogP contribution >= 0.6 is 0 Å². The van der Waals surface area contributed by atoms with Gasteiger partial charge in [0.05, 0.1) is 23.7 Å². The van der Waals surface area contributed by atoms with Gasteiger partial charge < -0.3 is 13.6 Å². The van der Waals surface area contributed by atoms with Gasteiger partial charge in [-0.15, -0.1) is 0 Å². The van der Waals surface area contributed by atoms with E-state index in [4.69, 9.17) is 13.6 Å². The summed E-state index contributed by atoms with van der Waals surface area (Å²) in [5.41, 5.74) is 1.98. The van der Waals surface area contributed by atoms with E-state index in [2.05, 4.69) is 40.8 Å². The van der Waals surface area contributed by atoms with Crippen LogP contribution in [0, 0.1) is 17.3 Å². The lowest BCUT2D eigenvalue weighted by molar-refractivity contribution is -0.154. The van der Waals surface area contributed by atoms with E-state index in [1.807, 2.05) is 6.07 Å². The second-order valence-electron chi connectivity index (χ2n) is 10.9. The molecule has 2 aliphatic carbocycles. The zero-order valence-corrected chi connectivity index (χ0v) is 19.8. The predicted octanol–water partition coefficient (Wildman–Crippen LogP) is 6.76. The molecule has 160 valence electrons. The molecule has 1 spiro atoms. The molecule has 2 fully saturated rings. The van der Waals surface area contributed by atoms with E-state index in [1.165, 1.54) is 24.2 Å². The maximum absolute atomic E-state index is 13.4. The molecule has 0 N–H and O–H groups in total. The van der Waals surface area contributed by atoms with Crippen molar-refractivity contribution >= 4 is 14.3 Å². The molecule has 4 nitrogen and oxygen atoms in total. The Morgan fingerprint density at radius 3 is 2.66 bits per heavy atom. The minimum absolute atomic E-state index is 0.00743. The summed E-state index contributed by atoms with van der Waals surface area (Å²) in [6.45, 7) is 13.8. The molecular weight excluding hydrogens is 380 g/mol. The summed E-state index contributed by atoms with van der Waals surface area (Å²) in [5.74, 6) is 1.67. The van der Waals surface area contributed by atoms with Crippen molar-refractivity contribution in [1.29, 1.82) is 0 Å². The third-order valence-corrected chi connectivity index (χ3v) is 12.6. The van der Waals surface area contributed by atoms with Crippen LogP contribution in [0.5, 0.6) is 0 Å². The number of carbonyl (C=O) groups excluding carboxylic acids is 1. The van der Waals surface area contributed by atoms with E-state index in [0.29, 0.717) is 0 Å². The first kappa shape index (κ1) is 20.8. The molecule has 0 bridgehead atoms. The molecule has 29 heavy (non-hydrogen) atoms. The van der Waals surface area contributed by atoms with Crippen LogP contribution < -0.4 is 0 Å². The van der Waals surface area contributed by atoms with Crippen LogP contribution in [0.4, 0.5) is 0 Å². The van der Waals surface area contributed by atoms with E-state index in [9.17, 15) is 4.79 Å². The highest BCUT2D eigenvalue weighted by atomic mass is 28.4. The van der Waals surface area contributed by atoms with E-state index in [1.54, 1.807) is 12.5 Å². The van der Waals surface area contributed by atoms with Crippen molar-refractivity contribution in [3.63, 3.8) is 0 Å². The zero-order chi connectivity index (χ0) is 21.0. The second-order valence-corrected chi connectivity index (χ2v) is 15.6. The highest BCUT2D eigenvalue weighted by molar-refractivity contribution is 6.74. The van der Waals surface area contributed by atoms with Crippen molar-refractivity contribution in [2.75, 3.05) is 0 Å². The minimum Gasteiger partial charge on any atom is -0.547 e. The van der Waals surface area contributed by atoms with E-state index >= 15 is 0 Å². The largest absolute Gasteiger partial charge is 0.547 e. The van der Waals surface area contributed by atoms with Crippen molar-refractivity contribution in [1.82, 2.24) is 0 Å². The number of allylic oxidation sites excluding steroid dienone is 2. The highest BCUT2D eigenvalue weighted by Gasteiger charge is 2.61. The van der Waals surface area contributed by atoms with Crippen molar-refractivity contribution in [2.45, 2.75) is 90.5 Å². The van der Waals surface area contributed by atoms with Gasteiger partial charge in [-0.1, -0.05) is 34.1 Å². The molecule has 1 aromatic heterocycles. The van der Waals surface area contributed by atoms with Crippen LogP contribution in [-0.4, -0.2) is 14.3 Å². The first-order chi connectivity index (χ1) is 13.6. The van der Waals surface area contributed by atoms with Crippen LogP contribution in [0.2, 0.25) is 18.1 Å². The molecule has 0 radical (unpaired) electrons. The Morgan fingerprint density at radius 2 is 2.00 bits per heavy atom. The maximum Gasteiger partial charge on any atom is 0.313 e. The van der Waals surface area contributed by atoms with Gasteiger partial charge in [-0.25, -0.2) is 0 Å². The monoisotopic (exact) mass is 416 g/mol. The first-order valence-corrected chi connectivity index (χ1v) is 14.1. The number of carbonyl (C=O) groups is 1. The van der Waals surface area contributed by atoms with Gasteiger partial charge >= 0.3 is 5.97 Å². The molecule has 1 saturated carbocycles. The zero-order valence-electron chi connectivity index (χ0n) is 18.8. The van der Waals surface area contributed by atoms with Gasteiger partial charge in [0.15, 0.2) is 0 Å². The topological polar surface area (TPSA) is 48.7 Å². The number of furan rings is 1. The molecule has 4 atom stereocenters. The molecule has 2 heterocycles. The van der Waals surface area contributed by atoms with E-state index in [0.717, 1.165) is 31.2 Å². The Bertz CT molecular complexity index is 801. The van der Waals surface area contributed by atoms with Crippen molar-refractivity contribution in [3.05, 3.63) is 35.5 Å². The number of fused-ring (bicyclic) bond motifs is 2. The summed E-state index contributed by atoms with van der Waals surface area (Å²) < 4.78 is 18.1. The normalized spacial score (nSPS) is 33.0. The summed E-state index contributed by atoms with van der Waals surface area (Å²) in [5, 5.41) is 0.168. The third kappa shape index (κ3) is 3.30. The Morgan fingerprint density at radius 1 is 1.24 bits per heavy atom. The Labute approximate surface area is 176 Å². The Kier molecular flexibility index (Phi) is 5.04. The lowest BCUT2D eigenvalue weighted by Crippen LogP contribution is -2.48. The Hall–Kier alpha value is -1.49. The minimum atomic E-state index is -1.91. The molecule has 0 amide bonds. The van der Waals surface area contributed by atoms with Gasteiger partial charge in [0.25, 0.3) is 0 Å². The summed E-state index contributed by atoms with van der Waals surface area (Å²) >= 11 is 0. The van der Waals surface area contributed by atoms with E-state index < -0.39 is 13.7 Å². The molecule has 2 unspecified atom stereocenters. The van der Waals surface area contributed by atoms with Crippen molar-refractivity contribution in [3.8, 4) is 0 Å². The van der Waals surface area contributed by atoms with Crippen LogP contribution in [0.25, 0.3) is 0 Å². The van der Waals surface area contributed by atoms with Gasteiger partial charge in [0.1, 0.15) is 6.10 Å². The number of hydrogen-bond acceptors (Lipinski definition) is 4. The Balaban J connectivity index is 1.71. The average Bonchev–Trinajstić information content (AvgIpc) is 3.27. The molecule has 1 saturated heterocycles. The van der Waals surface area contributed by atoms with Gasteiger partial charge in [0.2, 0.25) is 8.32 Å². The van der Waals surface area contributed by atoms with Crippen LogP contribution in [0.3, 0.4) is 0 Å². The number of ether oxygens (including phenoxy) is 1. The average molecular weight is 417 g/mol. The summed E-state index contributed by atoms with van der Waals surface area (Å²) in [4.78, 5) is 13.4. The number of cyclic esters (lactones) is 1. The molecule has 4 rings (SSSR count). The standard InChI is InChI=1S/C24H36O4Si/c1-16-13-20(28-29(5,6)23(2,3)4)18-9-7-8-10-19(18)24(16)14-21(27-22(24)25)17-11-12-26-15-17/h11-12,15-16,19,21H,7-10,13-14H2,1-6H3/t16-,19?,21?,24-/m1/s1. The lowest BCUT2D eigenvalue weighted by Gasteiger charge is -2.49. The first-order valence-electron chi connectivity index (χ1n) is 11.2. The van der Waals surface area contributed by atoms with Crippen LogP contribution in [0.15, 0.2) is 34.3 Å². The molecule has 3 aliphatic rings. The number of hydrogen-bond donors (Lipinski definition) is 0. The van der Waals surface area contributed by atoms with Gasteiger partial charge in [-0.2, -0.15) is 0 Å². The SMILES string of the molecule is C[C@@H]1CC(O[Si](C)(C)C(C)(C)C)=C2CCCCC2[C@@]12CC(c1ccoc1)OC2=O. The van der Waals surface area contributed by atoms with Gasteiger partial charge in [0, 0.05) is 18.4 Å². The summed E-state index contributed by atoms with van der Waals surface area (Å²) in [6.07, 6.45) is 9.31. The summed E-state index contributed by atoms with van der Waals surface area (Å²) in [7, 11) is -1.91. The number of rotatable bonds is 3. The van der Waals surface area contributed by atoms with E-state index in [-0.39, 0.29) is 28.9 Å². The lowest BCUT2D eigenvalue weighted by atomic mass is 9.55. The molecule has 1 aliphatic heterocycles. The predicted molar refractivity (Wildman–Crippen MR) is 116 cm³/mol. The van der Waals surface area contributed by atoms with Crippen molar-refractivity contribution < 1.29 is 18.4 Å². The second kappa shape index (κ2) is 7.04. The summed E-state index contributed by atoms with van der Waals surface area (Å²) in [6, 6.07) is 1.92. The fraction of sp³-hybridized carbons (Fsp3) is 0.708. The third-order valence-electron chi connectivity index (χ3n) is 8.21.